The predicted molar refractivity (Wildman–Crippen MR) is 68.8 cm³/mol. The van der Waals surface area contributed by atoms with Crippen molar-refractivity contribution in [2.75, 3.05) is 6.61 Å². The first-order valence-electron chi connectivity index (χ1n) is 6.46. The summed E-state index contributed by atoms with van der Waals surface area (Å²) in [7, 11) is 0. The van der Waals surface area contributed by atoms with Gasteiger partial charge in [-0.05, 0) is 37.5 Å². The Bertz CT molecular complexity index is 574. The zero-order valence-corrected chi connectivity index (χ0v) is 10.8. The van der Waals surface area contributed by atoms with Gasteiger partial charge in [-0.15, -0.1) is 0 Å². The molecule has 0 amide bonds. The van der Waals surface area contributed by atoms with Crippen LogP contribution in [0.25, 0.3) is 11.5 Å². The number of phenolic OH excluding ortho intramolecular Hbond substituents is 1. The lowest BCUT2D eigenvalue weighted by Gasteiger charge is -2.04. The molecule has 5 heteroatoms. The minimum Gasteiger partial charge on any atom is -0.507 e. The predicted octanol–water partition coefficient (Wildman–Crippen LogP) is 2.47. The minimum absolute atomic E-state index is 0.160. The molecule has 0 aliphatic carbocycles. The van der Waals surface area contributed by atoms with E-state index in [4.69, 9.17) is 9.26 Å². The molecule has 5 nitrogen and oxygen atoms in total. The second-order valence-corrected chi connectivity index (χ2v) is 4.88. The maximum Gasteiger partial charge on any atom is 0.261 e. The van der Waals surface area contributed by atoms with Crippen LogP contribution in [0.2, 0.25) is 0 Å². The summed E-state index contributed by atoms with van der Waals surface area (Å²) in [5.74, 6) is 1.14. The third-order valence-corrected chi connectivity index (χ3v) is 3.29. The van der Waals surface area contributed by atoms with E-state index in [9.17, 15) is 5.11 Å². The lowest BCUT2D eigenvalue weighted by atomic mass is 10.1. The molecule has 1 aromatic heterocycles. The number of aromatic hydroxyl groups is 1. The maximum absolute atomic E-state index is 9.89. The minimum atomic E-state index is 0.160. The van der Waals surface area contributed by atoms with E-state index in [-0.39, 0.29) is 11.9 Å². The highest BCUT2D eigenvalue weighted by atomic mass is 16.5. The quantitative estimate of drug-likeness (QED) is 0.918. The molecule has 1 N–H and O–H groups in total. The molecule has 1 saturated heterocycles. The molecule has 0 radical (unpaired) electrons. The Morgan fingerprint density at radius 2 is 2.32 bits per heavy atom. The Morgan fingerprint density at radius 1 is 1.42 bits per heavy atom. The highest BCUT2D eigenvalue weighted by Crippen LogP contribution is 2.28. The van der Waals surface area contributed by atoms with E-state index in [1.165, 1.54) is 0 Å². The van der Waals surface area contributed by atoms with Gasteiger partial charge in [-0.1, -0.05) is 11.2 Å². The number of hydrogen-bond donors (Lipinski definition) is 1. The standard InChI is InChI=1S/C14H16N2O3/c1-9-4-5-11(12(17)7-9)14-15-13(16-19-14)8-10-3-2-6-18-10/h4-5,7,10,17H,2-3,6,8H2,1H3. The van der Waals surface area contributed by atoms with Crippen LogP contribution in [0.15, 0.2) is 22.7 Å². The van der Waals surface area contributed by atoms with Gasteiger partial charge in [-0.2, -0.15) is 4.98 Å². The van der Waals surface area contributed by atoms with E-state index in [1.807, 2.05) is 13.0 Å². The number of benzene rings is 1. The van der Waals surface area contributed by atoms with Crippen LogP contribution in [0.4, 0.5) is 0 Å². The fraction of sp³-hybridized carbons (Fsp3) is 0.429. The Labute approximate surface area is 111 Å². The Kier molecular flexibility index (Phi) is 3.21. The first-order valence-corrected chi connectivity index (χ1v) is 6.46. The van der Waals surface area contributed by atoms with Gasteiger partial charge in [-0.25, -0.2) is 0 Å². The summed E-state index contributed by atoms with van der Waals surface area (Å²) in [6, 6.07) is 5.37. The number of ether oxygens (including phenoxy) is 1. The summed E-state index contributed by atoms with van der Waals surface area (Å²) < 4.78 is 10.7. The molecule has 0 saturated carbocycles. The molecule has 1 fully saturated rings. The van der Waals surface area contributed by atoms with Gasteiger partial charge in [0.2, 0.25) is 0 Å². The van der Waals surface area contributed by atoms with E-state index in [0.717, 1.165) is 25.0 Å². The average molecular weight is 260 g/mol. The van der Waals surface area contributed by atoms with Crippen molar-refractivity contribution in [1.29, 1.82) is 0 Å². The molecule has 19 heavy (non-hydrogen) atoms. The highest BCUT2D eigenvalue weighted by molar-refractivity contribution is 5.62. The Hall–Kier alpha value is -1.88. The summed E-state index contributed by atoms with van der Waals surface area (Å²) in [5, 5.41) is 13.8. The van der Waals surface area contributed by atoms with Crippen molar-refractivity contribution in [3.8, 4) is 17.2 Å². The first kappa shape index (κ1) is 12.2. The van der Waals surface area contributed by atoms with Crippen molar-refractivity contribution in [3.05, 3.63) is 29.6 Å². The van der Waals surface area contributed by atoms with Crippen molar-refractivity contribution in [1.82, 2.24) is 10.1 Å². The molecule has 100 valence electrons. The van der Waals surface area contributed by atoms with E-state index in [2.05, 4.69) is 10.1 Å². The van der Waals surface area contributed by atoms with Crippen molar-refractivity contribution in [2.24, 2.45) is 0 Å². The Morgan fingerprint density at radius 3 is 3.05 bits per heavy atom. The highest BCUT2D eigenvalue weighted by Gasteiger charge is 2.20. The fourth-order valence-electron chi connectivity index (χ4n) is 2.28. The molecule has 3 rings (SSSR count). The summed E-state index contributed by atoms with van der Waals surface area (Å²) in [4.78, 5) is 4.32. The van der Waals surface area contributed by atoms with Gasteiger partial charge in [0, 0.05) is 13.0 Å². The maximum atomic E-state index is 9.89. The van der Waals surface area contributed by atoms with Crippen LogP contribution in [0, 0.1) is 6.92 Å². The zero-order chi connectivity index (χ0) is 13.2. The molecule has 0 spiro atoms. The molecule has 1 atom stereocenters. The van der Waals surface area contributed by atoms with Crippen LogP contribution in [-0.4, -0.2) is 28.0 Å². The van der Waals surface area contributed by atoms with Gasteiger partial charge in [0.05, 0.1) is 11.7 Å². The largest absolute Gasteiger partial charge is 0.507 e. The number of aryl methyl sites for hydroxylation is 1. The summed E-state index contributed by atoms with van der Waals surface area (Å²) in [6.45, 7) is 2.73. The number of hydrogen-bond acceptors (Lipinski definition) is 5. The van der Waals surface area contributed by atoms with Crippen molar-refractivity contribution < 1.29 is 14.4 Å². The van der Waals surface area contributed by atoms with Crippen molar-refractivity contribution in [3.63, 3.8) is 0 Å². The smallest absolute Gasteiger partial charge is 0.261 e. The molecule has 2 aromatic rings. The summed E-state index contributed by atoms with van der Waals surface area (Å²) in [6.07, 6.45) is 2.99. The zero-order valence-electron chi connectivity index (χ0n) is 10.8. The van der Waals surface area contributed by atoms with Crippen LogP contribution in [0.1, 0.15) is 24.2 Å². The van der Waals surface area contributed by atoms with Crippen LogP contribution >= 0.6 is 0 Å². The average Bonchev–Trinajstić information content (AvgIpc) is 3.01. The van der Waals surface area contributed by atoms with Crippen LogP contribution in [0.3, 0.4) is 0 Å². The van der Waals surface area contributed by atoms with Crippen LogP contribution in [0.5, 0.6) is 5.75 Å². The topological polar surface area (TPSA) is 68.4 Å². The van der Waals surface area contributed by atoms with E-state index in [0.29, 0.717) is 23.7 Å². The lowest BCUT2D eigenvalue weighted by Crippen LogP contribution is -2.09. The van der Waals surface area contributed by atoms with E-state index >= 15 is 0 Å². The fourth-order valence-corrected chi connectivity index (χ4v) is 2.28. The Balaban J connectivity index is 1.80. The van der Waals surface area contributed by atoms with Gasteiger partial charge in [0.15, 0.2) is 5.82 Å². The second kappa shape index (κ2) is 5.01. The van der Waals surface area contributed by atoms with Gasteiger partial charge < -0.3 is 14.4 Å². The monoisotopic (exact) mass is 260 g/mol. The molecular weight excluding hydrogens is 244 g/mol. The SMILES string of the molecule is Cc1ccc(-c2nc(CC3CCCO3)no2)c(O)c1. The second-order valence-electron chi connectivity index (χ2n) is 4.88. The molecule has 1 aliphatic heterocycles. The first-order chi connectivity index (χ1) is 9.22. The van der Waals surface area contributed by atoms with Gasteiger partial charge in [-0.3, -0.25) is 0 Å². The lowest BCUT2D eigenvalue weighted by molar-refractivity contribution is 0.109. The van der Waals surface area contributed by atoms with E-state index in [1.54, 1.807) is 12.1 Å². The number of phenols is 1. The third kappa shape index (κ3) is 2.61. The molecule has 2 heterocycles. The molecule has 1 aromatic carbocycles. The molecule has 0 bridgehead atoms. The van der Waals surface area contributed by atoms with E-state index < -0.39 is 0 Å². The summed E-state index contributed by atoms with van der Waals surface area (Å²) >= 11 is 0. The van der Waals surface area contributed by atoms with Crippen LogP contribution < -0.4 is 0 Å². The van der Waals surface area contributed by atoms with Gasteiger partial charge in [0.25, 0.3) is 5.89 Å². The number of rotatable bonds is 3. The van der Waals surface area contributed by atoms with Crippen molar-refractivity contribution in [2.45, 2.75) is 32.3 Å². The van der Waals surface area contributed by atoms with Crippen molar-refractivity contribution >= 4 is 0 Å². The third-order valence-electron chi connectivity index (χ3n) is 3.29. The van der Waals surface area contributed by atoms with Gasteiger partial charge >= 0.3 is 0 Å². The number of nitrogens with zero attached hydrogens (tertiary/aromatic N) is 2. The van der Waals surface area contributed by atoms with Gasteiger partial charge in [0.1, 0.15) is 5.75 Å². The molecule has 1 aliphatic rings. The number of aromatic nitrogens is 2. The summed E-state index contributed by atoms with van der Waals surface area (Å²) in [5.41, 5.74) is 1.55. The molecular formula is C14H16N2O3. The molecule has 1 unspecified atom stereocenters. The normalized spacial score (nSPS) is 18.9. The van der Waals surface area contributed by atoms with Crippen LogP contribution in [-0.2, 0) is 11.2 Å².